The maximum atomic E-state index is 12.9. The SMILES string of the molecule is Cc1ccc(N2CC[C@H](N3C[C@@H]4[C@H](C3)[C@H]3CC[C@H]4O3)C2=O)cc1. The normalized spacial score (nSPS) is 39.4. The average molecular weight is 312 g/mol. The number of nitrogens with zero attached hydrogens (tertiary/aromatic N) is 2. The van der Waals surface area contributed by atoms with E-state index in [1.54, 1.807) is 0 Å². The molecule has 4 heterocycles. The Morgan fingerprint density at radius 3 is 2.30 bits per heavy atom. The minimum Gasteiger partial charge on any atom is -0.374 e. The molecule has 0 spiro atoms. The highest BCUT2D eigenvalue weighted by Gasteiger charge is 2.55. The number of carbonyl (C=O) groups is 1. The van der Waals surface area contributed by atoms with E-state index >= 15 is 0 Å². The number of hydrogen-bond donors (Lipinski definition) is 0. The van der Waals surface area contributed by atoms with Gasteiger partial charge in [-0.3, -0.25) is 9.69 Å². The first-order valence-electron chi connectivity index (χ1n) is 8.98. The molecule has 1 amide bonds. The first-order valence-corrected chi connectivity index (χ1v) is 8.98. The zero-order valence-corrected chi connectivity index (χ0v) is 13.6. The number of ether oxygens (including phenoxy) is 1. The highest BCUT2D eigenvalue weighted by molar-refractivity contribution is 5.99. The molecule has 0 N–H and O–H groups in total. The molecule has 5 rings (SSSR count). The summed E-state index contributed by atoms with van der Waals surface area (Å²) in [4.78, 5) is 17.4. The van der Waals surface area contributed by atoms with Crippen LogP contribution >= 0.6 is 0 Å². The number of amides is 1. The van der Waals surface area contributed by atoms with E-state index in [1.165, 1.54) is 18.4 Å². The molecule has 4 saturated heterocycles. The lowest BCUT2D eigenvalue weighted by molar-refractivity contribution is -0.121. The summed E-state index contributed by atoms with van der Waals surface area (Å²) in [6.45, 7) is 5.05. The summed E-state index contributed by atoms with van der Waals surface area (Å²) in [5.74, 6) is 1.65. The van der Waals surface area contributed by atoms with Gasteiger partial charge < -0.3 is 9.64 Å². The summed E-state index contributed by atoms with van der Waals surface area (Å²) in [6, 6.07) is 8.41. The Morgan fingerprint density at radius 2 is 1.65 bits per heavy atom. The molecule has 1 aromatic carbocycles. The number of hydrogen-bond acceptors (Lipinski definition) is 3. The van der Waals surface area contributed by atoms with E-state index in [2.05, 4.69) is 36.1 Å². The van der Waals surface area contributed by atoms with Crippen molar-refractivity contribution in [2.45, 2.75) is 44.4 Å². The molecule has 0 radical (unpaired) electrons. The van der Waals surface area contributed by atoms with Gasteiger partial charge in [-0.25, -0.2) is 0 Å². The molecule has 23 heavy (non-hydrogen) atoms. The lowest BCUT2D eigenvalue weighted by atomic mass is 9.82. The van der Waals surface area contributed by atoms with E-state index in [4.69, 9.17) is 4.74 Å². The average Bonchev–Trinajstić information content (AvgIpc) is 3.28. The number of rotatable bonds is 2. The first kappa shape index (κ1) is 14.0. The fourth-order valence-corrected chi connectivity index (χ4v) is 5.23. The fraction of sp³-hybridized carbons (Fsp3) is 0.632. The summed E-state index contributed by atoms with van der Waals surface area (Å²) in [7, 11) is 0. The Hall–Kier alpha value is -1.39. The molecular formula is C19H24N2O2. The molecule has 122 valence electrons. The monoisotopic (exact) mass is 312 g/mol. The minimum absolute atomic E-state index is 0.0845. The van der Waals surface area contributed by atoms with Gasteiger partial charge in [0.15, 0.2) is 0 Å². The summed E-state index contributed by atoms with van der Waals surface area (Å²) >= 11 is 0. The van der Waals surface area contributed by atoms with Gasteiger partial charge in [0, 0.05) is 37.2 Å². The first-order chi connectivity index (χ1) is 11.2. The highest BCUT2D eigenvalue weighted by atomic mass is 16.5. The van der Waals surface area contributed by atoms with Crippen LogP contribution in [0.3, 0.4) is 0 Å². The van der Waals surface area contributed by atoms with Crippen molar-refractivity contribution in [2.75, 3.05) is 24.5 Å². The van der Waals surface area contributed by atoms with Crippen LogP contribution in [0.1, 0.15) is 24.8 Å². The summed E-state index contributed by atoms with van der Waals surface area (Å²) < 4.78 is 6.06. The van der Waals surface area contributed by atoms with Gasteiger partial charge >= 0.3 is 0 Å². The number of aryl methyl sites for hydroxylation is 1. The van der Waals surface area contributed by atoms with Gasteiger partial charge in [-0.2, -0.15) is 0 Å². The number of fused-ring (bicyclic) bond motifs is 5. The van der Waals surface area contributed by atoms with Gasteiger partial charge in [0.1, 0.15) is 0 Å². The van der Waals surface area contributed by atoms with E-state index in [0.717, 1.165) is 31.7 Å². The smallest absolute Gasteiger partial charge is 0.244 e. The van der Waals surface area contributed by atoms with Crippen LogP contribution < -0.4 is 4.90 Å². The second-order valence-corrected chi connectivity index (χ2v) is 7.70. The standard InChI is InChI=1S/C19H24N2O2/c1-12-2-4-13(5-3-12)21-9-8-16(19(21)22)20-10-14-15(11-20)18-7-6-17(14)23-18/h2-5,14-18H,6-11H2,1H3/t14-,15+,16-,17+,18+/m0/s1. The van der Waals surface area contributed by atoms with Gasteiger partial charge in [-0.05, 0) is 38.3 Å². The minimum atomic E-state index is 0.0845. The quantitative estimate of drug-likeness (QED) is 0.839. The number of benzene rings is 1. The van der Waals surface area contributed by atoms with Crippen molar-refractivity contribution in [3.63, 3.8) is 0 Å². The van der Waals surface area contributed by atoms with Gasteiger partial charge in [-0.15, -0.1) is 0 Å². The van der Waals surface area contributed by atoms with Gasteiger partial charge in [0.25, 0.3) is 0 Å². The molecule has 4 aliphatic rings. The molecule has 4 nitrogen and oxygen atoms in total. The highest BCUT2D eigenvalue weighted by Crippen LogP contribution is 2.48. The van der Waals surface area contributed by atoms with E-state index < -0.39 is 0 Å². The lowest BCUT2D eigenvalue weighted by Crippen LogP contribution is -2.41. The van der Waals surface area contributed by atoms with Crippen molar-refractivity contribution in [1.29, 1.82) is 0 Å². The van der Waals surface area contributed by atoms with Crippen LogP contribution in [0.5, 0.6) is 0 Å². The Kier molecular flexibility index (Phi) is 3.07. The van der Waals surface area contributed by atoms with Crippen LogP contribution in [-0.4, -0.2) is 48.7 Å². The Morgan fingerprint density at radius 1 is 1.00 bits per heavy atom. The molecule has 0 unspecified atom stereocenters. The number of carbonyl (C=O) groups excluding carboxylic acids is 1. The van der Waals surface area contributed by atoms with Crippen LogP contribution in [0.15, 0.2) is 24.3 Å². The van der Waals surface area contributed by atoms with Crippen molar-refractivity contribution >= 4 is 11.6 Å². The molecule has 4 fully saturated rings. The van der Waals surface area contributed by atoms with E-state index in [0.29, 0.717) is 30.0 Å². The lowest BCUT2D eigenvalue weighted by Gasteiger charge is -2.25. The maximum Gasteiger partial charge on any atom is 0.244 e. The number of anilines is 1. The summed E-state index contributed by atoms with van der Waals surface area (Å²) in [6.07, 6.45) is 4.36. The van der Waals surface area contributed by atoms with Crippen molar-refractivity contribution < 1.29 is 9.53 Å². The van der Waals surface area contributed by atoms with Crippen LogP contribution in [-0.2, 0) is 9.53 Å². The van der Waals surface area contributed by atoms with Crippen molar-refractivity contribution in [3.05, 3.63) is 29.8 Å². The summed E-state index contributed by atoms with van der Waals surface area (Å²) in [5.41, 5.74) is 2.28. The van der Waals surface area contributed by atoms with Crippen LogP contribution in [0.25, 0.3) is 0 Å². The Labute approximate surface area is 137 Å². The predicted molar refractivity (Wildman–Crippen MR) is 88.4 cm³/mol. The van der Waals surface area contributed by atoms with E-state index in [-0.39, 0.29) is 6.04 Å². The molecule has 5 atom stereocenters. The third-order valence-electron chi connectivity index (χ3n) is 6.44. The van der Waals surface area contributed by atoms with E-state index in [1.807, 2.05) is 4.90 Å². The second kappa shape index (κ2) is 5.05. The molecule has 0 aromatic heterocycles. The fourth-order valence-electron chi connectivity index (χ4n) is 5.23. The molecule has 4 aliphatic heterocycles. The zero-order valence-electron chi connectivity index (χ0n) is 13.6. The van der Waals surface area contributed by atoms with Crippen LogP contribution in [0.4, 0.5) is 5.69 Å². The Balaban J connectivity index is 1.31. The van der Waals surface area contributed by atoms with Crippen LogP contribution in [0, 0.1) is 18.8 Å². The van der Waals surface area contributed by atoms with Crippen LogP contribution in [0.2, 0.25) is 0 Å². The molecule has 0 aliphatic carbocycles. The summed E-state index contributed by atoms with van der Waals surface area (Å²) in [5, 5.41) is 0. The maximum absolute atomic E-state index is 12.9. The third-order valence-corrected chi connectivity index (χ3v) is 6.44. The predicted octanol–water partition coefficient (Wildman–Crippen LogP) is 2.21. The van der Waals surface area contributed by atoms with Crippen molar-refractivity contribution in [3.8, 4) is 0 Å². The van der Waals surface area contributed by atoms with Gasteiger partial charge in [-0.1, -0.05) is 17.7 Å². The third kappa shape index (κ3) is 2.08. The molecule has 4 heteroatoms. The second-order valence-electron chi connectivity index (χ2n) is 7.70. The topological polar surface area (TPSA) is 32.8 Å². The molecular weight excluding hydrogens is 288 g/mol. The van der Waals surface area contributed by atoms with Crippen molar-refractivity contribution in [1.82, 2.24) is 4.90 Å². The van der Waals surface area contributed by atoms with Gasteiger partial charge in [0.2, 0.25) is 5.91 Å². The zero-order chi connectivity index (χ0) is 15.6. The van der Waals surface area contributed by atoms with E-state index in [9.17, 15) is 4.79 Å². The Bertz CT molecular complexity index is 611. The van der Waals surface area contributed by atoms with Gasteiger partial charge in [0.05, 0.1) is 18.2 Å². The number of likely N-dealkylation sites (tertiary alicyclic amines) is 1. The largest absolute Gasteiger partial charge is 0.374 e. The molecule has 1 aromatic rings. The van der Waals surface area contributed by atoms with Crippen molar-refractivity contribution in [2.24, 2.45) is 11.8 Å². The molecule has 2 bridgehead atoms. The molecule has 0 saturated carbocycles.